The van der Waals surface area contributed by atoms with Crippen LogP contribution in [0.2, 0.25) is 0 Å². The van der Waals surface area contributed by atoms with Crippen molar-refractivity contribution >= 4 is 11.6 Å². The smallest absolute Gasteiger partial charge is 0.231 e. The maximum Gasteiger partial charge on any atom is 0.231 e. The van der Waals surface area contributed by atoms with E-state index in [-0.39, 0.29) is 18.7 Å². The van der Waals surface area contributed by atoms with Gasteiger partial charge in [0.15, 0.2) is 11.5 Å². The van der Waals surface area contributed by atoms with Crippen molar-refractivity contribution in [1.82, 2.24) is 4.90 Å². The molecule has 2 aromatic rings. The number of anilines is 1. The highest BCUT2D eigenvalue weighted by Gasteiger charge is 2.17. The first-order chi connectivity index (χ1) is 12.1. The highest BCUT2D eigenvalue weighted by atomic mass is 16.7. The Labute approximate surface area is 148 Å². The van der Waals surface area contributed by atoms with E-state index in [9.17, 15) is 4.79 Å². The van der Waals surface area contributed by atoms with E-state index in [1.807, 2.05) is 67.3 Å². The monoisotopic (exact) mass is 340 g/mol. The van der Waals surface area contributed by atoms with Gasteiger partial charge >= 0.3 is 0 Å². The second kappa shape index (κ2) is 7.92. The Morgan fingerprint density at radius 2 is 1.88 bits per heavy atom. The van der Waals surface area contributed by atoms with Crippen LogP contribution in [0.5, 0.6) is 11.5 Å². The number of ether oxygens (including phenoxy) is 2. The van der Waals surface area contributed by atoms with Crippen LogP contribution in [0, 0.1) is 0 Å². The molecule has 5 nitrogen and oxygen atoms in total. The lowest BCUT2D eigenvalue weighted by atomic mass is 10.1. The normalized spacial score (nSPS) is 12.3. The van der Waals surface area contributed by atoms with Gasteiger partial charge in [-0.25, -0.2) is 0 Å². The quantitative estimate of drug-likeness (QED) is 0.836. The van der Waals surface area contributed by atoms with Gasteiger partial charge in [-0.15, -0.1) is 0 Å². The number of rotatable bonds is 7. The first-order valence-corrected chi connectivity index (χ1v) is 8.60. The molecule has 1 heterocycles. The highest BCUT2D eigenvalue weighted by molar-refractivity contribution is 5.77. The van der Waals surface area contributed by atoms with E-state index in [0.717, 1.165) is 22.7 Å². The van der Waals surface area contributed by atoms with Crippen molar-refractivity contribution in [3.63, 3.8) is 0 Å². The zero-order chi connectivity index (χ0) is 17.6. The molecule has 0 saturated carbocycles. The Hall–Kier alpha value is -2.69. The average Bonchev–Trinajstić information content (AvgIpc) is 3.08. The van der Waals surface area contributed by atoms with Crippen LogP contribution < -0.4 is 14.8 Å². The molecular weight excluding hydrogens is 316 g/mol. The van der Waals surface area contributed by atoms with Gasteiger partial charge in [0.2, 0.25) is 12.7 Å². The van der Waals surface area contributed by atoms with Crippen LogP contribution in [0.25, 0.3) is 0 Å². The molecule has 0 aliphatic carbocycles. The second-order valence-electron chi connectivity index (χ2n) is 6.35. The predicted molar refractivity (Wildman–Crippen MR) is 97.8 cm³/mol. The van der Waals surface area contributed by atoms with E-state index < -0.39 is 0 Å². The fraction of sp³-hybridized carbons (Fsp3) is 0.350. The number of carbonyl (C=O) groups excluding carboxylic acids is 1. The van der Waals surface area contributed by atoms with Gasteiger partial charge in [-0.2, -0.15) is 0 Å². The van der Waals surface area contributed by atoms with E-state index in [1.54, 1.807) is 0 Å². The molecule has 0 aromatic heterocycles. The minimum Gasteiger partial charge on any atom is -0.454 e. The van der Waals surface area contributed by atoms with E-state index in [2.05, 4.69) is 5.32 Å². The van der Waals surface area contributed by atoms with E-state index >= 15 is 0 Å². The number of fused-ring (bicyclic) bond motifs is 1. The molecule has 0 atom stereocenters. The Balaban J connectivity index is 1.53. The largest absolute Gasteiger partial charge is 0.454 e. The maximum atomic E-state index is 12.6. The average molecular weight is 340 g/mol. The molecule has 1 aliphatic heterocycles. The number of nitrogens with one attached hydrogen (secondary N) is 1. The summed E-state index contributed by atoms with van der Waals surface area (Å²) in [6.45, 7) is 5.58. The topological polar surface area (TPSA) is 50.8 Å². The van der Waals surface area contributed by atoms with Crippen molar-refractivity contribution < 1.29 is 14.3 Å². The third kappa shape index (κ3) is 4.44. The zero-order valence-electron chi connectivity index (χ0n) is 14.7. The SMILES string of the molecule is CC(C)N(Cc1ccccc1)C(=O)CCNc1ccc2c(c1)OCO2. The summed E-state index contributed by atoms with van der Waals surface area (Å²) in [7, 11) is 0. The summed E-state index contributed by atoms with van der Waals surface area (Å²) >= 11 is 0. The summed E-state index contributed by atoms with van der Waals surface area (Å²) < 4.78 is 10.7. The van der Waals surface area contributed by atoms with Crippen LogP contribution in [0.15, 0.2) is 48.5 Å². The van der Waals surface area contributed by atoms with Crippen molar-refractivity contribution in [2.24, 2.45) is 0 Å². The van der Waals surface area contributed by atoms with E-state index in [0.29, 0.717) is 19.5 Å². The minimum atomic E-state index is 0.145. The van der Waals surface area contributed by atoms with Gasteiger partial charge < -0.3 is 19.7 Å². The molecular formula is C20H24N2O3. The lowest BCUT2D eigenvalue weighted by molar-refractivity contribution is -0.133. The molecule has 0 spiro atoms. The first kappa shape index (κ1) is 17.1. The molecule has 5 heteroatoms. The summed E-state index contributed by atoms with van der Waals surface area (Å²) in [5, 5.41) is 3.28. The maximum absolute atomic E-state index is 12.6. The van der Waals surface area contributed by atoms with Gasteiger partial charge in [0, 0.05) is 37.3 Å². The Morgan fingerprint density at radius 3 is 2.64 bits per heavy atom. The summed E-state index contributed by atoms with van der Waals surface area (Å²) in [5.41, 5.74) is 2.07. The summed E-state index contributed by atoms with van der Waals surface area (Å²) in [5.74, 6) is 1.65. The molecule has 3 rings (SSSR count). The molecule has 1 N–H and O–H groups in total. The summed E-state index contributed by atoms with van der Waals surface area (Å²) in [6, 6.07) is 16.0. The standard InChI is InChI=1S/C20H24N2O3/c1-15(2)22(13-16-6-4-3-5-7-16)20(23)10-11-21-17-8-9-18-19(12-17)25-14-24-18/h3-9,12,15,21H,10-11,13-14H2,1-2H3. The molecule has 0 radical (unpaired) electrons. The molecule has 1 amide bonds. The van der Waals surface area contributed by atoms with Crippen molar-refractivity contribution in [3.8, 4) is 11.5 Å². The number of hydrogen-bond acceptors (Lipinski definition) is 4. The summed E-state index contributed by atoms with van der Waals surface area (Å²) in [4.78, 5) is 14.5. The van der Waals surface area contributed by atoms with Gasteiger partial charge in [-0.3, -0.25) is 4.79 Å². The van der Waals surface area contributed by atoms with Gasteiger partial charge in [0.1, 0.15) is 0 Å². The van der Waals surface area contributed by atoms with E-state index in [1.165, 1.54) is 0 Å². The minimum absolute atomic E-state index is 0.145. The van der Waals surface area contributed by atoms with Crippen LogP contribution in [0.3, 0.4) is 0 Å². The molecule has 0 saturated heterocycles. The Kier molecular flexibility index (Phi) is 5.43. The van der Waals surface area contributed by atoms with Crippen molar-refractivity contribution in [1.29, 1.82) is 0 Å². The molecule has 132 valence electrons. The molecule has 0 fully saturated rings. The van der Waals surface area contributed by atoms with Crippen LogP contribution in [-0.2, 0) is 11.3 Å². The summed E-state index contributed by atoms with van der Waals surface area (Å²) in [6.07, 6.45) is 0.444. The van der Waals surface area contributed by atoms with Crippen LogP contribution >= 0.6 is 0 Å². The fourth-order valence-electron chi connectivity index (χ4n) is 2.80. The van der Waals surface area contributed by atoms with Crippen LogP contribution in [0.4, 0.5) is 5.69 Å². The van der Waals surface area contributed by atoms with E-state index in [4.69, 9.17) is 9.47 Å². The Bertz CT molecular complexity index is 716. The zero-order valence-corrected chi connectivity index (χ0v) is 14.7. The predicted octanol–water partition coefficient (Wildman–Crippen LogP) is 3.65. The number of hydrogen-bond donors (Lipinski definition) is 1. The van der Waals surface area contributed by atoms with Crippen molar-refractivity contribution in [2.45, 2.75) is 32.9 Å². The molecule has 1 aliphatic rings. The molecule has 2 aromatic carbocycles. The van der Waals surface area contributed by atoms with Crippen molar-refractivity contribution in [3.05, 3.63) is 54.1 Å². The second-order valence-corrected chi connectivity index (χ2v) is 6.35. The third-order valence-corrected chi connectivity index (χ3v) is 4.18. The third-order valence-electron chi connectivity index (χ3n) is 4.18. The lowest BCUT2D eigenvalue weighted by Crippen LogP contribution is -2.37. The number of nitrogens with zero attached hydrogens (tertiary/aromatic N) is 1. The van der Waals surface area contributed by atoms with Gasteiger partial charge in [-0.05, 0) is 31.5 Å². The fourth-order valence-corrected chi connectivity index (χ4v) is 2.80. The van der Waals surface area contributed by atoms with Crippen molar-refractivity contribution in [2.75, 3.05) is 18.7 Å². The number of benzene rings is 2. The highest BCUT2D eigenvalue weighted by Crippen LogP contribution is 2.34. The number of amides is 1. The van der Waals surface area contributed by atoms with Crippen LogP contribution in [-0.4, -0.2) is 30.2 Å². The number of carbonyl (C=O) groups is 1. The van der Waals surface area contributed by atoms with Gasteiger partial charge in [-0.1, -0.05) is 30.3 Å². The van der Waals surface area contributed by atoms with Gasteiger partial charge in [0.25, 0.3) is 0 Å². The molecule has 25 heavy (non-hydrogen) atoms. The van der Waals surface area contributed by atoms with Gasteiger partial charge in [0.05, 0.1) is 0 Å². The lowest BCUT2D eigenvalue weighted by Gasteiger charge is -2.27. The Morgan fingerprint density at radius 1 is 1.12 bits per heavy atom. The van der Waals surface area contributed by atoms with Crippen LogP contribution in [0.1, 0.15) is 25.8 Å². The first-order valence-electron chi connectivity index (χ1n) is 8.60. The molecule has 0 unspecified atom stereocenters. The molecule has 0 bridgehead atoms.